The highest BCUT2D eigenvalue weighted by molar-refractivity contribution is 6.30. The van der Waals surface area contributed by atoms with Crippen LogP contribution in [0, 0.1) is 0 Å². The minimum Gasteiger partial charge on any atom is -0.484 e. The van der Waals surface area contributed by atoms with Gasteiger partial charge in [0.25, 0.3) is 5.91 Å². The van der Waals surface area contributed by atoms with Crippen LogP contribution < -0.4 is 9.64 Å². The number of rotatable bonds is 9. The van der Waals surface area contributed by atoms with Gasteiger partial charge in [0.05, 0.1) is 0 Å². The molecule has 1 heterocycles. The number of benzene rings is 2. The topological polar surface area (TPSA) is 53.1 Å². The van der Waals surface area contributed by atoms with Crippen LogP contribution in [0.1, 0.15) is 18.4 Å². The first-order valence-corrected chi connectivity index (χ1v) is 10.5. The van der Waals surface area contributed by atoms with Crippen molar-refractivity contribution in [3.63, 3.8) is 0 Å². The molecule has 0 unspecified atom stereocenters. The number of carbonyl (C=O) groups excluding carboxylic acids is 2. The lowest BCUT2D eigenvalue weighted by atomic mass is 10.2. The van der Waals surface area contributed by atoms with Crippen LogP contribution in [0.4, 0.5) is 5.69 Å². The Labute approximate surface area is 183 Å². The summed E-state index contributed by atoms with van der Waals surface area (Å²) in [5, 5.41) is 0.673. The minimum atomic E-state index is -0.0782. The van der Waals surface area contributed by atoms with Gasteiger partial charge >= 0.3 is 0 Å². The third kappa shape index (κ3) is 6.21. The van der Waals surface area contributed by atoms with Crippen molar-refractivity contribution in [1.29, 1.82) is 0 Å². The first-order valence-electron chi connectivity index (χ1n) is 10.1. The largest absolute Gasteiger partial charge is 0.484 e. The van der Waals surface area contributed by atoms with Crippen LogP contribution >= 0.6 is 11.6 Å². The first-order chi connectivity index (χ1) is 14.4. The van der Waals surface area contributed by atoms with Gasteiger partial charge < -0.3 is 19.4 Å². The number of hydrogen-bond acceptors (Lipinski definition) is 4. The third-order valence-electron chi connectivity index (χ3n) is 5.04. The summed E-state index contributed by atoms with van der Waals surface area (Å²) in [7, 11) is 3.96. The van der Waals surface area contributed by atoms with E-state index in [-0.39, 0.29) is 18.4 Å². The maximum absolute atomic E-state index is 12.8. The van der Waals surface area contributed by atoms with Gasteiger partial charge in [-0.2, -0.15) is 0 Å². The fraction of sp³-hybridized carbons (Fsp3) is 0.391. The van der Waals surface area contributed by atoms with Crippen molar-refractivity contribution in [3.8, 4) is 5.75 Å². The van der Waals surface area contributed by atoms with Crippen molar-refractivity contribution in [2.24, 2.45) is 0 Å². The van der Waals surface area contributed by atoms with Crippen molar-refractivity contribution >= 4 is 29.1 Å². The Kier molecular flexibility index (Phi) is 7.71. The van der Waals surface area contributed by atoms with Gasteiger partial charge in [-0.3, -0.25) is 9.59 Å². The Morgan fingerprint density at radius 3 is 2.37 bits per heavy atom. The summed E-state index contributed by atoms with van der Waals surface area (Å²) in [6, 6.07) is 14.8. The van der Waals surface area contributed by atoms with Gasteiger partial charge in [0.15, 0.2) is 6.61 Å². The summed E-state index contributed by atoms with van der Waals surface area (Å²) in [5.41, 5.74) is 1.89. The van der Waals surface area contributed by atoms with Crippen LogP contribution in [-0.2, 0) is 16.1 Å². The van der Waals surface area contributed by atoms with E-state index in [2.05, 4.69) is 0 Å². The number of nitrogens with zero attached hydrogens (tertiary/aromatic N) is 3. The van der Waals surface area contributed by atoms with Gasteiger partial charge in [-0.05, 0) is 62.5 Å². The van der Waals surface area contributed by atoms with E-state index < -0.39 is 0 Å². The zero-order valence-corrected chi connectivity index (χ0v) is 18.3. The van der Waals surface area contributed by atoms with Crippen LogP contribution in [0.15, 0.2) is 48.5 Å². The van der Waals surface area contributed by atoms with Crippen LogP contribution in [0.3, 0.4) is 0 Å². The summed E-state index contributed by atoms with van der Waals surface area (Å²) in [6.07, 6.45) is 1.49. The third-order valence-corrected chi connectivity index (χ3v) is 5.29. The summed E-state index contributed by atoms with van der Waals surface area (Å²) in [4.78, 5) is 30.3. The van der Waals surface area contributed by atoms with Crippen molar-refractivity contribution in [1.82, 2.24) is 9.80 Å². The molecule has 7 heteroatoms. The van der Waals surface area contributed by atoms with E-state index in [9.17, 15) is 9.59 Å². The monoisotopic (exact) mass is 429 g/mol. The smallest absolute Gasteiger partial charge is 0.260 e. The molecule has 0 saturated carbocycles. The molecule has 1 saturated heterocycles. The minimum absolute atomic E-state index is 0.0387. The number of carbonyl (C=O) groups is 2. The summed E-state index contributed by atoms with van der Waals surface area (Å²) in [5.74, 6) is 0.681. The van der Waals surface area contributed by atoms with E-state index in [0.29, 0.717) is 30.3 Å². The Hall–Kier alpha value is -2.57. The molecule has 2 aromatic carbocycles. The Morgan fingerprint density at radius 1 is 1.07 bits per heavy atom. The van der Waals surface area contributed by atoms with E-state index >= 15 is 0 Å². The fourth-order valence-electron chi connectivity index (χ4n) is 3.30. The molecule has 1 aliphatic heterocycles. The van der Waals surface area contributed by atoms with Crippen molar-refractivity contribution in [2.75, 3.05) is 45.2 Å². The van der Waals surface area contributed by atoms with Gasteiger partial charge in [-0.15, -0.1) is 0 Å². The molecule has 2 amide bonds. The SMILES string of the molecule is CN(C)CCN(Cc1ccc(Cl)cc1)C(=O)COc1ccc(N2CCCC2=O)cc1. The summed E-state index contributed by atoms with van der Waals surface area (Å²) < 4.78 is 5.73. The number of halogens is 1. The normalized spacial score (nSPS) is 13.7. The number of ether oxygens (including phenoxy) is 1. The molecule has 160 valence electrons. The lowest BCUT2D eigenvalue weighted by Crippen LogP contribution is -2.38. The lowest BCUT2D eigenvalue weighted by molar-refractivity contribution is -0.134. The predicted octanol–water partition coefficient (Wildman–Crippen LogP) is 3.44. The van der Waals surface area contributed by atoms with Crippen molar-refractivity contribution in [3.05, 3.63) is 59.1 Å². The Bertz CT molecular complexity index is 853. The number of likely N-dealkylation sites (N-methyl/N-ethyl adjacent to an activating group) is 1. The number of anilines is 1. The predicted molar refractivity (Wildman–Crippen MR) is 119 cm³/mol. The molecule has 0 atom stereocenters. The fourth-order valence-corrected chi connectivity index (χ4v) is 3.43. The molecule has 3 rings (SSSR count). The highest BCUT2D eigenvalue weighted by Gasteiger charge is 2.21. The van der Waals surface area contributed by atoms with Crippen LogP contribution in [0.2, 0.25) is 5.02 Å². The van der Waals surface area contributed by atoms with E-state index in [0.717, 1.165) is 30.8 Å². The molecule has 0 aliphatic carbocycles. The Balaban J connectivity index is 1.58. The van der Waals surface area contributed by atoms with E-state index in [1.807, 2.05) is 55.4 Å². The molecule has 0 N–H and O–H groups in total. The summed E-state index contributed by atoms with van der Waals surface area (Å²) >= 11 is 5.96. The van der Waals surface area contributed by atoms with Gasteiger partial charge in [-0.1, -0.05) is 23.7 Å². The molecule has 0 bridgehead atoms. The zero-order valence-electron chi connectivity index (χ0n) is 17.5. The quantitative estimate of drug-likeness (QED) is 0.612. The van der Waals surface area contributed by atoms with E-state index in [4.69, 9.17) is 16.3 Å². The van der Waals surface area contributed by atoms with Crippen LogP contribution in [0.5, 0.6) is 5.75 Å². The zero-order chi connectivity index (χ0) is 21.5. The molecule has 0 spiro atoms. The van der Waals surface area contributed by atoms with E-state index in [1.54, 1.807) is 21.9 Å². The molecule has 0 radical (unpaired) electrons. The van der Waals surface area contributed by atoms with Crippen molar-refractivity contribution in [2.45, 2.75) is 19.4 Å². The Morgan fingerprint density at radius 2 is 1.77 bits per heavy atom. The molecule has 2 aromatic rings. The lowest BCUT2D eigenvalue weighted by Gasteiger charge is -2.25. The van der Waals surface area contributed by atoms with Gasteiger partial charge in [-0.25, -0.2) is 0 Å². The molecule has 1 fully saturated rings. The van der Waals surface area contributed by atoms with Crippen LogP contribution in [0.25, 0.3) is 0 Å². The average molecular weight is 430 g/mol. The van der Waals surface area contributed by atoms with Crippen molar-refractivity contribution < 1.29 is 14.3 Å². The summed E-state index contributed by atoms with van der Waals surface area (Å²) in [6.45, 7) is 2.58. The van der Waals surface area contributed by atoms with Gasteiger partial charge in [0, 0.05) is 43.3 Å². The van der Waals surface area contributed by atoms with Gasteiger partial charge in [0.1, 0.15) is 5.75 Å². The molecule has 30 heavy (non-hydrogen) atoms. The highest BCUT2D eigenvalue weighted by Crippen LogP contribution is 2.24. The second-order valence-corrected chi connectivity index (χ2v) is 8.11. The molecule has 6 nitrogen and oxygen atoms in total. The van der Waals surface area contributed by atoms with Gasteiger partial charge in [0.2, 0.25) is 5.91 Å². The maximum atomic E-state index is 12.8. The van der Waals surface area contributed by atoms with Crippen LogP contribution in [-0.4, -0.2) is 62.0 Å². The average Bonchev–Trinajstić information content (AvgIpc) is 3.17. The molecular weight excluding hydrogens is 402 g/mol. The maximum Gasteiger partial charge on any atom is 0.260 e. The number of hydrogen-bond donors (Lipinski definition) is 0. The van der Waals surface area contributed by atoms with E-state index in [1.165, 1.54) is 0 Å². The molecule has 0 aromatic heterocycles. The number of amides is 2. The standard InChI is InChI=1S/C23H28ClN3O3/c1-25(2)14-15-26(16-18-5-7-19(24)8-6-18)23(29)17-30-21-11-9-20(10-12-21)27-13-3-4-22(27)28/h5-12H,3-4,13-17H2,1-2H3. The first kappa shape index (κ1) is 22.1. The highest BCUT2D eigenvalue weighted by atomic mass is 35.5. The second-order valence-electron chi connectivity index (χ2n) is 7.68. The molecule has 1 aliphatic rings. The second kappa shape index (κ2) is 10.5. The molecular formula is C23H28ClN3O3.